The molecule has 72 valence electrons. The topological polar surface area (TPSA) is 46.2 Å². The van der Waals surface area contributed by atoms with E-state index in [2.05, 4.69) is 15.9 Å². The Hall–Kier alpha value is -0.250. The normalized spacial score (nSPS) is 12.9. The number of benzene rings is 1. The summed E-state index contributed by atoms with van der Waals surface area (Å²) in [7, 11) is 0. The Balaban J connectivity index is 3.20. The van der Waals surface area contributed by atoms with Crippen molar-refractivity contribution in [2.24, 2.45) is 5.73 Å². The summed E-state index contributed by atoms with van der Waals surface area (Å²) in [6.45, 7) is 1.96. The fourth-order valence-electron chi connectivity index (χ4n) is 1.09. The molecule has 0 heterocycles. The summed E-state index contributed by atoms with van der Waals surface area (Å²) >= 11 is 9.03. The number of nitrogens with two attached hydrogens (primary N) is 1. The van der Waals surface area contributed by atoms with E-state index in [1.807, 2.05) is 6.92 Å². The second-order valence-electron chi connectivity index (χ2n) is 2.84. The summed E-state index contributed by atoms with van der Waals surface area (Å²) < 4.78 is 0.582. The second-order valence-corrected chi connectivity index (χ2v) is 4.13. The summed E-state index contributed by atoms with van der Waals surface area (Å²) in [6.07, 6.45) is 0.764. The number of halogens is 2. The van der Waals surface area contributed by atoms with Crippen molar-refractivity contribution in [3.05, 3.63) is 27.2 Å². The van der Waals surface area contributed by atoms with Gasteiger partial charge in [0, 0.05) is 16.6 Å². The Bertz CT molecular complexity index is 317. The largest absolute Gasteiger partial charge is 0.506 e. The molecule has 0 aliphatic carbocycles. The second kappa shape index (κ2) is 4.31. The summed E-state index contributed by atoms with van der Waals surface area (Å²) in [6, 6.07) is 3.16. The smallest absolute Gasteiger partial charge is 0.134 e. The molecule has 4 heteroatoms. The molecule has 0 bridgehead atoms. The summed E-state index contributed by atoms with van der Waals surface area (Å²) in [5, 5.41) is 10.2. The molecule has 1 aromatic rings. The molecule has 1 atom stereocenters. The molecule has 0 saturated carbocycles. The molecule has 0 aliphatic rings. The van der Waals surface area contributed by atoms with Gasteiger partial charge in [-0.25, -0.2) is 0 Å². The minimum absolute atomic E-state index is 0.171. The van der Waals surface area contributed by atoms with Crippen LogP contribution in [0.5, 0.6) is 5.75 Å². The molecule has 0 fully saturated rings. The van der Waals surface area contributed by atoms with Crippen molar-refractivity contribution in [1.82, 2.24) is 0 Å². The van der Waals surface area contributed by atoms with Crippen LogP contribution in [0.15, 0.2) is 16.6 Å². The number of phenols is 1. The number of phenolic OH excluding ortho intramolecular Hbond substituents is 1. The van der Waals surface area contributed by atoms with Crippen molar-refractivity contribution in [1.29, 1.82) is 0 Å². The van der Waals surface area contributed by atoms with Crippen LogP contribution in [0.3, 0.4) is 0 Å². The van der Waals surface area contributed by atoms with Gasteiger partial charge in [0.2, 0.25) is 0 Å². The highest BCUT2D eigenvalue weighted by atomic mass is 79.9. The lowest BCUT2D eigenvalue weighted by Crippen LogP contribution is -2.08. The molecular formula is C9H11BrClNO. The van der Waals surface area contributed by atoms with E-state index in [1.54, 1.807) is 12.1 Å². The van der Waals surface area contributed by atoms with Crippen LogP contribution in [0, 0.1) is 0 Å². The molecule has 3 N–H and O–H groups in total. The average molecular weight is 265 g/mol. The maximum atomic E-state index is 9.64. The third-order valence-electron chi connectivity index (χ3n) is 1.90. The van der Waals surface area contributed by atoms with Crippen LogP contribution >= 0.6 is 27.5 Å². The van der Waals surface area contributed by atoms with Crippen LogP contribution in [0.4, 0.5) is 0 Å². The zero-order valence-corrected chi connectivity index (χ0v) is 9.56. The van der Waals surface area contributed by atoms with Gasteiger partial charge in [-0.05, 0) is 34.5 Å². The first-order valence-corrected chi connectivity index (χ1v) is 5.16. The van der Waals surface area contributed by atoms with E-state index in [-0.39, 0.29) is 11.8 Å². The van der Waals surface area contributed by atoms with Crippen molar-refractivity contribution >= 4 is 27.5 Å². The van der Waals surface area contributed by atoms with Crippen LogP contribution in [0.2, 0.25) is 5.02 Å². The molecule has 0 amide bonds. The predicted octanol–water partition coefficient (Wildman–Crippen LogP) is 3.22. The minimum atomic E-state index is -0.171. The van der Waals surface area contributed by atoms with Crippen LogP contribution < -0.4 is 5.73 Å². The van der Waals surface area contributed by atoms with Gasteiger partial charge in [-0.1, -0.05) is 18.5 Å². The van der Waals surface area contributed by atoms with Crippen molar-refractivity contribution in [3.63, 3.8) is 0 Å². The predicted molar refractivity (Wildman–Crippen MR) is 58.0 cm³/mol. The lowest BCUT2D eigenvalue weighted by Gasteiger charge is -2.12. The number of aromatic hydroxyl groups is 1. The van der Waals surface area contributed by atoms with Gasteiger partial charge in [-0.15, -0.1) is 0 Å². The summed E-state index contributed by atoms with van der Waals surface area (Å²) in [5.41, 5.74) is 6.48. The lowest BCUT2D eigenvalue weighted by molar-refractivity contribution is 0.457. The van der Waals surface area contributed by atoms with Gasteiger partial charge in [0.15, 0.2) is 0 Å². The van der Waals surface area contributed by atoms with Gasteiger partial charge >= 0.3 is 0 Å². The Labute approximate surface area is 90.8 Å². The van der Waals surface area contributed by atoms with Gasteiger partial charge in [-0.2, -0.15) is 0 Å². The van der Waals surface area contributed by atoms with Crippen LogP contribution in [0.1, 0.15) is 24.9 Å². The first-order chi connectivity index (χ1) is 6.06. The Morgan fingerprint density at radius 2 is 2.23 bits per heavy atom. The third kappa shape index (κ3) is 2.36. The fourth-order valence-corrected chi connectivity index (χ4v) is 1.92. The molecule has 0 unspecified atom stereocenters. The Morgan fingerprint density at radius 3 is 2.77 bits per heavy atom. The fraction of sp³-hybridized carbons (Fsp3) is 0.333. The zero-order chi connectivity index (χ0) is 10.0. The Kier molecular flexibility index (Phi) is 3.59. The maximum Gasteiger partial charge on any atom is 0.134 e. The highest BCUT2D eigenvalue weighted by molar-refractivity contribution is 9.10. The van der Waals surface area contributed by atoms with E-state index in [1.165, 1.54) is 0 Å². The highest BCUT2D eigenvalue weighted by Gasteiger charge is 2.12. The van der Waals surface area contributed by atoms with Crippen molar-refractivity contribution in [2.75, 3.05) is 0 Å². The average Bonchev–Trinajstić information content (AvgIpc) is 2.10. The molecule has 0 aromatic heterocycles. The third-order valence-corrected chi connectivity index (χ3v) is 2.72. The Morgan fingerprint density at radius 1 is 1.62 bits per heavy atom. The molecule has 13 heavy (non-hydrogen) atoms. The maximum absolute atomic E-state index is 9.64. The number of hydrogen-bond acceptors (Lipinski definition) is 2. The minimum Gasteiger partial charge on any atom is -0.506 e. The molecule has 0 radical (unpaired) electrons. The standard InChI is InChI=1S/C9H11BrClNO/c1-2-8(12)6-3-5(11)4-7(10)9(6)13/h3-4,8,13H,2,12H2,1H3/t8-/m1/s1. The molecule has 0 aliphatic heterocycles. The van der Waals surface area contributed by atoms with Gasteiger partial charge < -0.3 is 10.8 Å². The molecule has 0 spiro atoms. The molecule has 1 rings (SSSR count). The van der Waals surface area contributed by atoms with Gasteiger partial charge in [-0.3, -0.25) is 0 Å². The number of rotatable bonds is 2. The van der Waals surface area contributed by atoms with E-state index in [0.29, 0.717) is 15.1 Å². The van der Waals surface area contributed by atoms with Crippen molar-refractivity contribution in [3.8, 4) is 5.75 Å². The van der Waals surface area contributed by atoms with E-state index in [4.69, 9.17) is 17.3 Å². The van der Waals surface area contributed by atoms with Crippen molar-refractivity contribution in [2.45, 2.75) is 19.4 Å². The van der Waals surface area contributed by atoms with Gasteiger partial charge in [0.1, 0.15) is 5.75 Å². The molecule has 0 saturated heterocycles. The first-order valence-electron chi connectivity index (χ1n) is 3.99. The van der Waals surface area contributed by atoms with Gasteiger partial charge in [0.05, 0.1) is 4.47 Å². The molecule has 2 nitrogen and oxygen atoms in total. The van der Waals surface area contributed by atoms with Gasteiger partial charge in [0.25, 0.3) is 0 Å². The summed E-state index contributed by atoms with van der Waals surface area (Å²) in [5.74, 6) is 0.179. The van der Waals surface area contributed by atoms with Crippen LogP contribution in [-0.4, -0.2) is 5.11 Å². The zero-order valence-electron chi connectivity index (χ0n) is 7.22. The molecule has 1 aromatic carbocycles. The molecular weight excluding hydrogens is 253 g/mol. The van der Waals surface area contributed by atoms with Crippen LogP contribution in [-0.2, 0) is 0 Å². The van der Waals surface area contributed by atoms with E-state index < -0.39 is 0 Å². The monoisotopic (exact) mass is 263 g/mol. The lowest BCUT2D eigenvalue weighted by atomic mass is 10.0. The SMILES string of the molecule is CC[C@@H](N)c1cc(Cl)cc(Br)c1O. The highest BCUT2D eigenvalue weighted by Crippen LogP contribution is 2.35. The van der Waals surface area contributed by atoms with E-state index in [9.17, 15) is 5.11 Å². The first kappa shape index (κ1) is 10.8. The van der Waals surface area contributed by atoms with Crippen molar-refractivity contribution < 1.29 is 5.11 Å². The van der Waals surface area contributed by atoms with E-state index in [0.717, 1.165) is 6.42 Å². The quantitative estimate of drug-likeness (QED) is 0.861. The number of hydrogen-bond donors (Lipinski definition) is 2. The summed E-state index contributed by atoms with van der Waals surface area (Å²) in [4.78, 5) is 0. The van der Waals surface area contributed by atoms with Crippen LogP contribution in [0.25, 0.3) is 0 Å². The van der Waals surface area contributed by atoms with E-state index >= 15 is 0 Å².